The number of benzene rings is 1. The predicted molar refractivity (Wildman–Crippen MR) is 69.1 cm³/mol. The number of nitriles is 1. The minimum absolute atomic E-state index is 0.476. The van der Waals surface area contributed by atoms with Gasteiger partial charge in [-0.15, -0.1) is 0 Å². The molecular formula is C14H12F3N3O. The number of rotatable bonds is 3. The first kappa shape index (κ1) is 14.9. The van der Waals surface area contributed by atoms with Gasteiger partial charge < -0.3 is 4.74 Å². The number of aromatic nitrogens is 2. The van der Waals surface area contributed by atoms with Gasteiger partial charge in [0.2, 0.25) is 5.88 Å². The summed E-state index contributed by atoms with van der Waals surface area (Å²) in [7, 11) is 0. The quantitative estimate of drug-likeness (QED) is 0.872. The van der Waals surface area contributed by atoms with Crippen LogP contribution in [0.5, 0.6) is 5.88 Å². The van der Waals surface area contributed by atoms with E-state index in [1.54, 1.807) is 25.1 Å². The molecule has 0 bridgehead atoms. The van der Waals surface area contributed by atoms with E-state index in [0.29, 0.717) is 11.9 Å². The van der Waals surface area contributed by atoms with Crippen molar-refractivity contribution in [1.29, 1.82) is 5.26 Å². The molecule has 0 fully saturated rings. The van der Waals surface area contributed by atoms with E-state index in [9.17, 15) is 13.2 Å². The van der Waals surface area contributed by atoms with Crippen molar-refractivity contribution in [2.24, 2.45) is 0 Å². The fourth-order valence-electron chi connectivity index (χ4n) is 1.99. The molecule has 7 heteroatoms. The molecule has 0 N–H and O–H groups in total. The molecule has 0 atom stereocenters. The lowest BCUT2D eigenvalue weighted by Crippen LogP contribution is -2.10. The summed E-state index contributed by atoms with van der Waals surface area (Å²) >= 11 is 0. The average Bonchev–Trinajstić information content (AvgIpc) is 2.79. The first-order chi connectivity index (χ1) is 9.84. The van der Waals surface area contributed by atoms with E-state index < -0.39 is 24.2 Å². The Morgan fingerprint density at radius 3 is 2.62 bits per heavy atom. The molecular weight excluding hydrogens is 283 g/mol. The van der Waals surface area contributed by atoms with Crippen molar-refractivity contribution in [3.8, 4) is 17.6 Å². The highest BCUT2D eigenvalue weighted by molar-refractivity contribution is 5.46. The van der Waals surface area contributed by atoms with Crippen LogP contribution in [0.4, 0.5) is 13.2 Å². The van der Waals surface area contributed by atoms with Gasteiger partial charge in [0.1, 0.15) is 11.6 Å². The smallest absolute Gasteiger partial charge is 0.423 e. The molecule has 0 amide bonds. The maximum Gasteiger partial charge on any atom is 0.423 e. The number of hydrogen-bond donors (Lipinski definition) is 0. The number of hydrogen-bond acceptors (Lipinski definition) is 3. The Morgan fingerprint density at radius 2 is 2.05 bits per heavy atom. The van der Waals surface area contributed by atoms with Crippen LogP contribution in [-0.4, -0.2) is 16.4 Å². The lowest BCUT2D eigenvalue weighted by molar-refractivity contribution is -0.138. The van der Waals surface area contributed by atoms with Gasteiger partial charge in [-0.1, -0.05) is 17.7 Å². The molecule has 0 aliphatic heterocycles. The fourth-order valence-corrected chi connectivity index (χ4v) is 1.99. The van der Waals surface area contributed by atoms with Crippen molar-refractivity contribution >= 4 is 0 Å². The average molecular weight is 295 g/mol. The first-order valence-electron chi connectivity index (χ1n) is 6.07. The highest BCUT2D eigenvalue weighted by atomic mass is 19.4. The van der Waals surface area contributed by atoms with Crippen LogP contribution in [-0.2, 0) is 6.18 Å². The Labute approximate surface area is 119 Å². The van der Waals surface area contributed by atoms with Crippen LogP contribution in [0.3, 0.4) is 0 Å². The third-order valence-corrected chi connectivity index (χ3v) is 2.88. The van der Waals surface area contributed by atoms with Crippen molar-refractivity contribution in [3.05, 3.63) is 41.1 Å². The Hall–Kier alpha value is -2.49. The summed E-state index contributed by atoms with van der Waals surface area (Å²) in [4.78, 5) is 0. The number of nitrogens with zero attached hydrogens (tertiary/aromatic N) is 3. The van der Waals surface area contributed by atoms with Crippen LogP contribution in [0.15, 0.2) is 24.4 Å². The highest BCUT2D eigenvalue weighted by Crippen LogP contribution is 2.37. The molecule has 110 valence electrons. The molecule has 1 heterocycles. The monoisotopic (exact) mass is 295 g/mol. The molecule has 1 aromatic carbocycles. The topological polar surface area (TPSA) is 50.8 Å². The van der Waals surface area contributed by atoms with Gasteiger partial charge in [-0.25, -0.2) is 4.68 Å². The van der Waals surface area contributed by atoms with Crippen molar-refractivity contribution < 1.29 is 17.9 Å². The van der Waals surface area contributed by atoms with Crippen molar-refractivity contribution in [2.75, 3.05) is 6.61 Å². The van der Waals surface area contributed by atoms with E-state index >= 15 is 0 Å². The second-order valence-corrected chi connectivity index (χ2v) is 4.51. The largest absolute Gasteiger partial charge is 0.462 e. The Bertz CT molecular complexity index is 698. The zero-order valence-corrected chi connectivity index (χ0v) is 11.4. The van der Waals surface area contributed by atoms with Crippen LogP contribution in [0.1, 0.15) is 16.7 Å². The third-order valence-electron chi connectivity index (χ3n) is 2.88. The fraction of sp³-hybridized carbons (Fsp3) is 0.286. The molecule has 1 aromatic heterocycles. The van der Waals surface area contributed by atoms with Gasteiger partial charge in [0, 0.05) is 0 Å². The standard InChI is InChI=1S/C14H12F3N3O/c1-9-3-4-12(10(2)7-9)20-13(21-6-5-18)11(8-19-20)14(15,16)17/h3-4,7-8H,6H2,1-2H3. The molecule has 21 heavy (non-hydrogen) atoms. The summed E-state index contributed by atoms with van der Waals surface area (Å²) in [5, 5.41) is 12.3. The Morgan fingerprint density at radius 1 is 1.33 bits per heavy atom. The molecule has 2 aromatic rings. The van der Waals surface area contributed by atoms with Crippen LogP contribution < -0.4 is 4.74 Å². The number of alkyl halides is 3. The van der Waals surface area contributed by atoms with Crippen LogP contribution in [0.2, 0.25) is 0 Å². The maximum absolute atomic E-state index is 13.0. The van der Waals surface area contributed by atoms with E-state index in [-0.39, 0.29) is 0 Å². The molecule has 0 spiro atoms. The summed E-state index contributed by atoms with van der Waals surface area (Å²) in [5.41, 5.74) is 1.22. The van der Waals surface area contributed by atoms with Gasteiger partial charge in [0.15, 0.2) is 6.61 Å². The number of ether oxygens (including phenoxy) is 1. The molecule has 0 unspecified atom stereocenters. The Balaban J connectivity index is 2.58. The lowest BCUT2D eigenvalue weighted by Gasteiger charge is -2.13. The maximum atomic E-state index is 13.0. The van der Waals surface area contributed by atoms with E-state index in [1.165, 1.54) is 0 Å². The van der Waals surface area contributed by atoms with Gasteiger partial charge in [0.05, 0.1) is 11.9 Å². The third kappa shape index (κ3) is 2.99. The van der Waals surface area contributed by atoms with E-state index in [4.69, 9.17) is 10.00 Å². The van der Waals surface area contributed by atoms with Crippen molar-refractivity contribution in [1.82, 2.24) is 9.78 Å². The first-order valence-corrected chi connectivity index (χ1v) is 6.07. The van der Waals surface area contributed by atoms with E-state index in [1.807, 2.05) is 13.0 Å². The summed E-state index contributed by atoms with van der Waals surface area (Å²) in [6.07, 6.45) is -3.90. The minimum atomic E-state index is -4.60. The van der Waals surface area contributed by atoms with Crippen LogP contribution >= 0.6 is 0 Å². The van der Waals surface area contributed by atoms with Gasteiger partial charge in [-0.3, -0.25) is 0 Å². The minimum Gasteiger partial charge on any atom is -0.462 e. The SMILES string of the molecule is Cc1ccc(-n2ncc(C(F)(F)F)c2OCC#N)c(C)c1. The molecule has 0 radical (unpaired) electrons. The van der Waals surface area contributed by atoms with E-state index in [0.717, 1.165) is 15.8 Å². The molecule has 2 rings (SSSR count). The van der Waals surface area contributed by atoms with Gasteiger partial charge in [-0.05, 0) is 25.5 Å². The van der Waals surface area contributed by atoms with Crippen molar-refractivity contribution in [3.63, 3.8) is 0 Å². The summed E-state index contributed by atoms with van der Waals surface area (Å²) < 4.78 is 44.9. The molecule has 0 saturated heterocycles. The normalized spacial score (nSPS) is 11.2. The number of aryl methyl sites for hydroxylation is 2. The Kier molecular flexibility index (Phi) is 3.89. The molecule has 0 saturated carbocycles. The number of halogens is 3. The van der Waals surface area contributed by atoms with Gasteiger partial charge in [0.25, 0.3) is 0 Å². The molecule has 4 nitrogen and oxygen atoms in total. The van der Waals surface area contributed by atoms with Crippen LogP contribution in [0.25, 0.3) is 5.69 Å². The van der Waals surface area contributed by atoms with Crippen LogP contribution in [0, 0.1) is 25.2 Å². The second kappa shape index (κ2) is 5.48. The van der Waals surface area contributed by atoms with Gasteiger partial charge in [-0.2, -0.15) is 23.5 Å². The zero-order valence-electron chi connectivity index (χ0n) is 11.4. The molecule has 0 aliphatic carbocycles. The lowest BCUT2D eigenvalue weighted by atomic mass is 10.1. The predicted octanol–water partition coefficient (Wildman–Crippen LogP) is 3.41. The summed E-state index contributed by atoms with van der Waals surface area (Å²) in [5.74, 6) is -0.476. The molecule has 0 aliphatic rings. The highest BCUT2D eigenvalue weighted by Gasteiger charge is 2.38. The van der Waals surface area contributed by atoms with Gasteiger partial charge >= 0.3 is 6.18 Å². The summed E-state index contributed by atoms with van der Waals surface area (Å²) in [6.45, 7) is 3.17. The zero-order chi connectivity index (χ0) is 15.6. The summed E-state index contributed by atoms with van der Waals surface area (Å²) in [6, 6.07) is 6.92. The second-order valence-electron chi connectivity index (χ2n) is 4.51. The van der Waals surface area contributed by atoms with E-state index in [2.05, 4.69) is 5.10 Å². The van der Waals surface area contributed by atoms with Crippen molar-refractivity contribution in [2.45, 2.75) is 20.0 Å².